The number of carbonyl (C=O) groups is 2. The second-order valence-electron chi connectivity index (χ2n) is 9.92. The maximum Gasteiger partial charge on any atom is 0.262 e. The first-order valence-electron chi connectivity index (χ1n) is 13.6. The summed E-state index contributed by atoms with van der Waals surface area (Å²) in [5.41, 5.74) is 2.75. The highest BCUT2D eigenvalue weighted by molar-refractivity contribution is 6.34. The lowest BCUT2D eigenvalue weighted by atomic mass is 9.98. The molecule has 41 heavy (non-hydrogen) atoms. The van der Waals surface area contributed by atoms with E-state index in [0.717, 1.165) is 30.0 Å². The summed E-state index contributed by atoms with van der Waals surface area (Å²) in [6.45, 7) is 3.67. The number of amides is 2. The van der Waals surface area contributed by atoms with Crippen LogP contribution in [0.1, 0.15) is 33.9 Å². The van der Waals surface area contributed by atoms with E-state index in [-0.39, 0.29) is 24.4 Å². The predicted octanol–water partition coefficient (Wildman–Crippen LogP) is 5.15. The van der Waals surface area contributed by atoms with E-state index in [1.807, 2.05) is 48.5 Å². The predicted molar refractivity (Wildman–Crippen MR) is 160 cm³/mol. The van der Waals surface area contributed by atoms with Gasteiger partial charge in [-0.25, -0.2) is 5.01 Å². The first kappa shape index (κ1) is 29.1. The highest BCUT2D eigenvalue weighted by Crippen LogP contribution is 2.35. The van der Waals surface area contributed by atoms with Gasteiger partial charge in [-0.15, -0.1) is 0 Å². The van der Waals surface area contributed by atoms with Crippen LogP contribution >= 0.6 is 23.2 Å². The number of ether oxygens (including phenoxy) is 2. The standard InChI is InChI=1S/C31H32Cl2N4O4/c1-40-23-12-10-22(11-13-23)29-20-28(24-6-2-4-8-26(24)32)34-37(29)30(38)21-36(15-14-35-16-18-41-19-17-35)31(39)25-7-3-5-9-27(25)33/h2-13,29H,14-21H2,1H3/t29-/m1/s1. The van der Waals surface area contributed by atoms with Gasteiger partial charge < -0.3 is 14.4 Å². The van der Waals surface area contributed by atoms with Crippen LogP contribution in [0.25, 0.3) is 0 Å². The fourth-order valence-electron chi connectivity index (χ4n) is 5.06. The van der Waals surface area contributed by atoms with Gasteiger partial charge in [-0.3, -0.25) is 14.5 Å². The van der Waals surface area contributed by atoms with Crippen molar-refractivity contribution in [2.45, 2.75) is 12.5 Å². The number of halogens is 2. The van der Waals surface area contributed by atoms with Crippen LogP contribution in [0.4, 0.5) is 0 Å². The van der Waals surface area contributed by atoms with Gasteiger partial charge in [0.2, 0.25) is 0 Å². The molecule has 10 heteroatoms. The van der Waals surface area contributed by atoms with Crippen LogP contribution in [0.15, 0.2) is 77.9 Å². The molecular formula is C31H32Cl2N4O4. The van der Waals surface area contributed by atoms with Crippen LogP contribution < -0.4 is 4.74 Å². The van der Waals surface area contributed by atoms with Crippen molar-refractivity contribution < 1.29 is 19.1 Å². The Bertz CT molecular complexity index is 1410. The summed E-state index contributed by atoms with van der Waals surface area (Å²) in [6.07, 6.45) is 0.480. The van der Waals surface area contributed by atoms with Crippen molar-refractivity contribution >= 4 is 40.7 Å². The zero-order chi connectivity index (χ0) is 28.8. The number of benzene rings is 3. The molecule has 3 aromatic carbocycles. The summed E-state index contributed by atoms with van der Waals surface area (Å²) in [5.74, 6) is 0.124. The normalized spacial score (nSPS) is 17.3. The molecule has 1 fully saturated rings. The first-order valence-corrected chi connectivity index (χ1v) is 14.3. The molecule has 8 nitrogen and oxygen atoms in total. The average Bonchev–Trinajstić information content (AvgIpc) is 3.45. The molecule has 214 valence electrons. The van der Waals surface area contributed by atoms with Gasteiger partial charge in [-0.2, -0.15) is 5.10 Å². The molecule has 0 aromatic heterocycles. The van der Waals surface area contributed by atoms with E-state index in [9.17, 15) is 9.59 Å². The van der Waals surface area contributed by atoms with Crippen LogP contribution in [-0.2, 0) is 9.53 Å². The monoisotopic (exact) mass is 594 g/mol. The smallest absolute Gasteiger partial charge is 0.262 e. The summed E-state index contributed by atoms with van der Waals surface area (Å²) in [6, 6.07) is 21.6. The van der Waals surface area contributed by atoms with Crippen molar-refractivity contribution in [3.8, 4) is 5.75 Å². The van der Waals surface area contributed by atoms with Gasteiger partial charge in [-0.05, 0) is 35.9 Å². The molecule has 2 aliphatic heterocycles. The van der Waals surface area contributed by atoms with Crippen molar-refractivity contribution in [3.63, 3.8) is 0 Å². The van der Waals surface area contributed by atoms with Crippen LogP contribution in [0.2, 0.25) is 10.0 Å². The van der Waals surface area contributed by atoms with Gasteiger partial charge in [0, 0.05) is 43.2 Å². The summed E-state index contributed by atoms with van der Waals surface area (Å²) in [7, 11) is 1.61. The van der Waals surface area contributed by atoms with Gasteiger partial charge >= 0.3 is 0 Å². The fourth-order valence-corrected chi connectivity index (χ4v) is 5.53. The molecule has 0 saturated carbocycles. The van der Waals surface area contributed by atoms with Crippen molar-refractivity contribution in [1.82, 2.24) is 14.8 Å². The Labute approximate surface area is 250 Å². The maximum absolute atomic E-state index is 14.0. The zero-order valence-corrected chi connectivity index (χ0v) is 24.4. The molecule has 2 aliphatic rings. The number of hydrogen-bond donors (Lipinski definition) is 0. The van der Waals surface area contributed by atoms with Crippen LogP contribution in [0.5, 0.6) is 5.75 Å². The Balaban J connectivity index is 1.43. The molecule has 1 atom stereocenters. The van der Waals surface area contributed by atoms with Gasteiger partial charge in [0.05, 0.1) is 42.7 Å². The highest BCUT2D eigenvalue weighted by atomic mass is 35.5. The van der Waals surface area contributed by atoms with E-state index in [4.69, 9.17) is 37.8 Å². The molecular weight excluding hydrogens is 563 g/mol. The SMILES string of the molecule is COc1ccc([C@H]2CC(c3ccccc3Cl)=NN2C(=O)CN(CCN2CCOCC2)C(=O)c2ccccc2Cl)cc1. The van der Waals surface area contributed by atoms with Gasteiger partial charge in [-0.1, -0.05) is 65.7 Å². The zero-order valence-electron chi connectivity index (χ0n) is 22.8. The van der Waals surface area contributed by atoms with Crippen molar-refractivity contribution in [3.05, 3.63) is 99.5 Å². The molecule has 0 aliphatic carbocycles. The Kier molecular flexibility index (Phi) is 9.57. The lowest BCUT2D eigenvalue weighted by Gasteiger charge is -2.31. The number of methoxy groups -OCH3 is 1. The highest BCUT2D eigenvalue weighted by Gasteiger charge is 2.35. The number of nitrogens with zero attached hydrogens (tertiary/aromatic N) is 4. The average molecular weight is 596 g/mol. The van der Waals surface area contributed by atoms with Crippen molar-refractivity contribution in [2.75, 3.05) is 53.0 Å². The molecule has 0 radical (unpaired) electrons. The second-order valence-corrected chi connectivity index (χ2v) is 10.7. The molecule has 0 bridgehead atoms. The van der Waals surface area contributed by atoms with Gasteiger partial charge in [0.1, 0.15) is 12.3 Å². The van der Waals surface area contributed by atoms with E-state index in [0.29, 0.717) is 54.0 Å². The molecule has 3 aromatic rings. The third kappa shape index (κ3) is 6.90. The molecule has 5 rings (SSSR count). The number of rotatable bonds is 9. The number of carbonyl (C=O) groups excluding carboxylic acids is 2. The summed E-state index contributed by atoms with van der Waals surface area (Å²) in [5, 5.41) is 7.16. The van der Waals surface area contributed by atoms with E-state index in [1.165, 1.54) is 5.01 Å². The number of morpholine rings is 1. The maximum atomic E-state index is 14.0. The largest absolute Gasteiger partial charge is 0.497 e. The summed E-state index contributed by atoms with van der Waals surface area (Å²) in [4.78, 5) is 31.5. The number of hydrazone groups is 1. The van der Waals surface area contributed by atoms with E-state index >= 15 is 0 Å². The van der Waals surface area contributed by atoms with E-state index in [2.05, 4.69) is 4.90 Å². The molecule has 0 N–H and O–H groups in total. The van der Waals surface area contributed by atoms with Gasteiger partial charge in [0.15, 0.2) is 0 Å². The third-order valence-electron chi connectivity index (χ3n) is 7.36. The Morgan fingerprint density at radius 1 is 0.976 bits per heavy atom. The van der Waals surface area contributed by atoms with Gasteiger partial charge in [0.25, 0.3) is 11.8 Å². The van der Waals surface area contributed by atoms with Crippen LogP contribution in [0, 0.1) is 0 Å². The minimum Gasteiger partial charge on any atom is -0.497 e. The van der Waals surface area contributed by atoms with Crippen molar-refractivity contribution in [1.29, 1.82) is 0 Å². The molecule has 0 unspecified atom stereocenters. The summed E-state index contributed by atoms with van der Waals surface area (Å²) < 4.78 is 10.8. The quantitative estimate of drug-likeness (QED) is 0.342. The minimum atomic E-state index is -0.365. The second kappa shape index (κ2) is 13.5. The lowest BCUT2D eigenvalue weighted by molar-refractivity contribution is -0.133. The molecule has 0 spiro atoms. The van der Waals surface area contributed by atoms with E-state index < -0.39 is 0 Å². The Morgan fingerprint density at radius 3 is 2.34 bits per heavy atom. The minimum absolute atomic E-state index is 0.152. The number of hydrogen-bond acceptors (Lipinski definition) is 6. The summed E-state index contributed by atoms with van der Waals surface area (Å²) >= 11 is 12.9. The lowest BCUT2D eigenvalue weighted by Crippen LogP contribution is -2.46. The van der Waals surface area contributed by atoms with Crippen LogP contribution in [-0.4, -0.2) is 85.4 Å². The topological polar surface area (TPSA) is 74.7 Å². The van der Waals surface area contributed by atoms with Crippen molar-refractivity contribution in [2.24, 2.45) is 5.10 Å². The Morgan fingerprint density at radius 2 is 1.66 bits per heavy atom. The molecule has 2 amide bonds. The first-order chi connectivity index (χ1) is 19.9. The molecule has 2 heterocycles. The van der Waals surface area contributed by atoms with Crippen LogP contribution in [0.3, 0.4) is 0 Å². The van der Waals surface area contributed by atoms with E-state index in [1.54, 1.807) is 36.3 Å². The third-order valence-corrected chi connectivity index (χ3v) is 8.02. The molecule has 1 saturated heterocycles. The fraction of sp³-hybridized carbons (Fsp3) is 0.323. The Hall–Kier alpha value is -3.43.